The molecule has 0 spiro atoms. The summed E-state index contributed by atoms with van der Waals surface area (Å²) < 4.78 is 24.0. The lowest BCUT2D eigenvalue weighted by molar-refractivity contribution is -0.147. The highest BCUT2D eigenvalue weighted by Crippen LogP contribution is 2.06. The maximum absolute atomic E-state index is 12.0. The van der Waals surface area contributed by atoms with Crippen molar-refractivity contribution < 1.29 is 18.4 Å². The molecule has 1 fully saturated rings. The average Bonchev–Trinajstić information content (AvgIpc) is 2.16. The highest BCUT2D eigenvalue weighted by atomic mass is 19.3. The fourth-order valence-electron chi connectivity index (χ4n) is 1.38. The van der Waals surface area contributed by atoms with Gasteiger partial charge in [0.15, 0.2) is 0 Å². The van der Waals surface area contributed by atoms with Crippen LogP contribution in [0.5, 0.6) is 0 Å². The SMILES string of the molecule is CC(=O)N1CCN(C(=O)C(F)F)CC1. The third-order valence-electron chi connectivity index (χ3n) is 2.22. The van der Waals surface area contributed by atoms with Crippen LogP contribution in [0.2, 0.25) is 0 Å². The van der Waals surface area contributed by atoms with Crippen LogP contribution in [0, 0.1) is 0 Å². The van der Waals surface area contributed by atoms with Crippen molar-refractivity contribution in [3.05, 3.63) is 0 Å². The molecule has 0 aromatic rings. The number of alkyl halides is 2. The van der Waals surface area contributed by atoms with Gasteiger partial charge in [-0.05, 0) is 0 Å². The van der Waals surface area contributed by atoms with Crippen LogP contribution in [0.15, 0.2) is 0 Å². The minimum absolute atomic E-state index is 0.0888. The zero-order valence-corrected chi connectivity index (χ0v) is 7.87. The highest BCUT2D eigenvalue weighted by molar-refractivity contribution is 5.80. The molecule has 1 aliphatic heterocycles. The predicted molar refractivity (Wildman–Crippen MR) is 44.8 cm³/mol. The summed E-state index contributed by atoms with van der Waals surface area (Å²) in [6.07, 6.45) is -2.95. The first kappa shape index (κ1) is 10.9. The maximum Gasteiger partial charge on any atom is 0.315 e. The van der Waals surface area contributed by atoms with E-state index in [4.69, 9.17) is 0 Å². The molecular weight excluding hydrogens is 194 g/mol. The van der Waals surface area contributed by atoms with E-state index in [1.54, 1.807) is 0 Å². The Bertz CT molecular complexity index is 237. The average molecular weight is 206 g/mol. The van der Waals surface area contributed by atoms with E-state index in [9.17, 15) is 18.4 Å². The number of hydrogen-bond donors (Lipinski definition) is 0. The van der Waals surface area contributed by atoms with Gasteiger partial charge < -0.3 is 9.80 Å². The number of nitrogens with zero attached hydrogens (tertiary/aromatic N) is 2. The van der Waals surface area contributed by atoms with Crippen LogP contribution in [-0.4, -0.2) is 54.2 Å². The van der Waals surface area contributed by atoms with Gasteiger partial charge in [-0.15, -0.1) is 0 Å². The smallest absolute Gasteiger partial charge is 0.315 e. The summed E-state index contributed by atoms with van der Waals surface area (Å²) >= 11 is 0. The van der Waals surface area contributed by atoms with E-state index in [2.05, 4.69) is 0 Å². The van der Waals surface area contributed by atoms with Crippen molar-refractivity contribution in [2.24, 2.45) is 0 Å². The number of carbonyl (C=O) groups is 2. The van der Waals surface area contributed by atoms with E-state index in [1.165, 1.54) is 11.8 Å². The lowest BCUT2D eigenvalue weighted by atomic mass is 10.3. The van der Waals surface area contributed by atoms with Crippen molar-refractivity contribution >= 4 is 11.8 Å². The molecule has 0 saturated carbocycles. The second-order valence-corrected chi connectivity index (χ2v) is 3.13. The molecule has 6 heteroatoms. The zero-order chi connectivity index (χ0) is 10.7. The summed E-state index contributed by atoms with van der Waals surface area (Å²) in [5.74, 6) is -1.23. The maximum atomic E-state index is 12.0. The van der Waals surface area contributed by atoms with E-state index in [1.807, 2.05) is 0 Å². The molecule has 0 N–H and O–H groups in total. The van der Waals surface area contributed by atoms with Gasteiger partial charge in [-0.1, -0.05) is 0 Å². The fourth-order valence-corrected chi connectivity index (χ4v) is 1.38. The molecule has 0 aliphatic carbocycles. The monoisotopic (exact) mass is 206 g/mol. The van der Waals surface area contributed by atoms with Gasteiger partial charge in [0, 0.05) is 33.1 Å². The van der Waals surface area contributed by atoms with Crippen molar-refractivity contribution in [3.8, 4) is 0 Å². The predicted octanol–water partition coefficient (Wildman–Crippen LogP) is -0.0578. The molecule has 0 radical (unpaired) electrons. The quantitative estimate of drug-likeness (QED) is 0.603. The molecule has 0 atom stereocenters. The third kappa shape index (κ3) is 2.40. The van der Waals surface area contributed by atoms with Crippen molar-refractivity contribution in [1.29, 1.82) is 0 Å². The summed E-state index contributed by atoms with van der Waals surface area (Å²) in [5, 5.41) is 0. The molecule has 0 aromatic heterocycles. The number of amides is 2. The Morgan fingerprint density at radius 1 is 1.07 bits per heavy atom. The topological polar surface area (TPSA) is 40.6 Å². The van der Waals surface area contributed by atoms with Crippen molar-refractivity contribution in [2.75, 3.05) is 26.2 Å². The molecule has 0 aromatic carbocycles. The summed E-state index contributed by atoms with van der Waals surface area (Å²) in [5.41, 5.74) is 0. The lowest BCUT2D eigenvalue weighted by Crippen LogP contribution is -2.51. The van der Waals surface area contributed by atoms with Gasteiger partial charge in [-0.2, -0.15) is 8.78 Å². The van der Waals surface area contributed by atoms with Gasteiger partial charge in [-0.3, -0.25) is 9.59 Å². The number of carbonyl (C=O) groups excluding carboxylic acids is 2. The molecule has 80 valence electrons. The molecule has 1 rings (SSSR count). The van der Waals surface area contributed by atoms with E-state index < -0.39 is 12.3 Å². The Kier molecular flexibility index (Phi) is 3.38. The van der Waals surface area contributed by atoms with Crippen LogP contribution in [-0.2, 0) is 9.59 Å². The molecule has 1 heterocycles. The minimum atomic E-state index is -2.95. The van der Waals surface area contributed by atoms with E-state index in [0.717, 1.165) is 4.90 Å². The summed E-state index contributed by atoms with van der Waals surface area (Å²) in [6, 6.07) is 0. The number of hydrogen-bond acceptors (Lipinski definition) is 2. The standard InChI is InChI=1S/C8H12F2N2O2/c1-6(13)11-2-4-12(5-3-11)8(14)7(9)10/h7H,2-5H2,1H3. The molecule has 1 aliphatic rings. The van der Waals surface area contributed by atoms with Crippen molar-refractivity contribution in [1.82, 2.24) is 9.80 Å². The van der Waals surface area contributed by atoms with Gasteiger partial charge in [-0.25, -0.2) is 0 Å². The van der Waals surface area contributed by atoms with Crippen LogP contribution in [0.4, 0.5) is 8.78 Å². The Morgan fingerprint density at radius 2 is 1.50 bits per heavy atom. The van der Waals surface area contributed by atoms with Crippen LogP contribution in [0.1, 0.15) is 6.92 Å². The summed E-state index contributed by atoms with van der Waals surface area (Å²) in [6.45, 7) is 2.50. The number of rotatable bonds is 1. The molecule has 4 nitrogen and oxygen atoms in total. The molecule has 1 saturated heterocycles. The minimum Gasteiger partial charge on any atom is -0.339 e. The first-order chi connectivity index (χ1) is 6.52. The second-order valence-electron chi connectivity index (χ2n) is 3.13. The normalized spacial score (nSPS) is 17.4. The Morgan fingerprint density at radius 3 is 1.86 bits per heavy atom. The molecule has 14 heavy (non-hydrogen) atoms. The number of piperazine rings is 1. The van der Waals surface area contributed by atoms with Crippen LogP contribution < -0.4 is 0 Å². The summed E-state index contributed by atoms with van der Waals surface area (Å²) in [4.78, 5) is 24.4. The Balaban J connectivity index is 2.43. The van der Waals surface area contributed by atoms with Crippen LogP contribution in [0.25, 0.3) is 0 Å². The molecule has 0 bridgehead atoms. The van der Waals surface area contributed by atoms with Gasteiger partial charge in [0.05, 0.1) is 0 Å². The van der Waals surface area contributed by atoms with Gasteiger partial charge >= 0.3 is 6.43 Å². The molecular formula is C8H12F2N2O2. The van der Waals surface area contributed by atoms with E-state index >= 15 is 0 Å². The van der Waals surface area contributed by atoms with Crippen molar-refractivity contribution in [2.45, 2.75) is 13.3 Å². The van der Waals surface area contributed by atoms with E-state index in [-0.39, 0.29) is 19.0 Å². The molecule has 0 unspecified atom stereocenters. The lowest BCUT2D eigenvalue weighted by Gasteiger charge is -2.33. The highest BCUT2D eigenvalue weighted by Gasteiger charge is 2.27. The fraction of sp³-hybridized carbons (Fsp3) is 0.750. The largest absolute Gasteiger partial charge is 0.339 e. The third-order valence-corrected chi connectivity index (χ3v) is 2.22. The van der Waals surface area contributed by atoms with Crippen LogP contribution >= 0.6 is 0 Å². The summed E-state index contributed by atoms with van der Waals surface area (Å²) in [7, 11) is 0. The van der Waals surface area contributed by atoms with Gasteiger partial charge in [0.2, 0.25) is 5.91 Å². The number of halogens is 2. The van der Waals surface area contributed by atoms with Crippen LogP contribution in [0.3, 0.4) is 0 Å². The van der Waals surface area contributed by atoms with Crippen molar-refractivity contribution in [3.63, 3.8) is 0 Å². The Hall–Kier alpha value is -1.20. The Labute approximate surface area is 80.5 Å². The molecule has 2 amide bonds. The zero-order valence-electron chi connectivity index (χ0n) is 7.87. The first-order valence-corrected chi connectivity index (χ1v) is 4.35. The first-order valence-electron chi connectivity index (χ1n) is 4.35. The second kappa shape index (κ2) is 4.34. The van der Waals surface area contributed by atoms with Gasteiger partial charge in [0.25, 0.3) is 5.91 Å². The van der Waals surface area contributed by atoms with E-state index in [0.29, 0.717) is 13.1 Å². The van der Waals surface area contributed by atoms with Gasteiger partial charge in [0.1, 0.15) is 0 Å².